The number of hydrogen-bond donors (Lipinski definition) is 0. The summed E-state index contributed by atoms with van der Waals surface area (Å²) in [5, 5.41) is 2.04. The number of rotatable bonds is 5. The number of aromatic nitrogens is 1. The highest BCUT2D eigenvalue weighted by molar-refractivity contribution is 7.17. The predicted molar refractivity (Wildman–Crippen MR) is 108 cm³/mol. The van der Waals surface area contributed by atoms with Crippen LogP contribution >= 0.6 is 11.3 Å². The fourth-order valence-corrected chi connectivity index (χ4v) is 4.04. The van der Waals surface area contributed by atoms with E-state index in [9.17, 15) is 9.18 Å². The Hall–Kier alpha value is -2.92. The van der Waals surface area contributed by atoms with Crippen LogP contribution in [0.1, 0.15) is 21.6 Å². The molecule has 0 aliphatic heterocycles. The molecule has 136 valence electrons. The lowest BCUT2D eigenvalue weighted by molar-refractivity contribution is 0.0775. The third-order valence-electron chi connectivity index (χ3n) is 4.61. The van der Waals surface area contributed by atoms with Gasteiger partial charge in [-0.25, -0.2) is 4.39 Å². The van der Waals surface area contributed by atoms with Crippen molar-refractivity contribution in [2.24, 2.45) is 0 Å². The monoisotopic (exact) mass is 378 g/mol. The Labute approximate surface area is 161 Å². The summed E-state index contributed by atoms with van der Waals surface area (Å²) in [5.41, 5.74) is 3.79. The first-order chi connectivity index (χ1) is 13.1. The molecule has 0 saturated heterocycles. The number of benzene rings is 2. The maximum Gasteiger partial charge on any atom is 0.270 e. The predicted octanol–water partition coefficient (Wildman–Crippen LogP) is 5.16. The van der Waals surface area contributed by atoms with Crippen LogP contribution in [0.25, 0.3) is 10.2 Å². The molecular weight excluding hydrogens is 359 g/mol. The van der Waals surface area contributed by atoms with Gasteiger partial charge < -0.3 is 9.47 Å². The standard InChI is InChI=1S/C22H19FN2OS/c1-24(14-17-7-9-18(23)10-8-17)22(26)20-13-21-19(11-12-27-21)25(20)15-16-5-3-2-4-6-16/h2-13H,14-15H2,1H3. The summed E-state index contributed by atoms with van der Waals surface area (Å²) < 4.78 is 16.3. The third-order valence-corrected chi connectivity index (χ3v) is 5.46. The molecule has 0 aliphatic rings. The van der Waals surface area contributed by atoms with Crippen molar-refractivity contribution in [2.75, 3.05) is 7.05 Å². The second-order valence-electron chi connectivity index (χ2n) is 6.56. The number of thiophene rings is 1. The van der Waals surface area contributed by atoms with Crippen LogP contribution in [0.15, 0.2) is 72.1 Å². The molecule has 4 aromatic rings. The van der Waals surface area contributed by atoms with E-state index < -0.39 is 0 Å². The third kappa shape index (κ3) is 3.64. The number of halogens is 1. The van der Waals surface area contributed by atoms with Crippen molar-refractivity contribution in [2.45, 2.75) is 13.1 Å². The van der Waals surface area contributed by atoms with Crippen molar-refractivity contribution in [3.8, 4) is 0 Å². The molecule has 0 saturated carbocycles. The van der Waals surface area contributed by atoms with Crippen LogP contribution in [0.2, 0.25) is 0 Å². The van der Waals surface area contributed by atoms with E-state index in [-0.39, 0.29) is 11.7 Å². The SMILES string of the molecule is CN(Cc1ccc(F)cc1)C(=O)c1cc2sccc2n1Cc1ccccc1. The average molecular weight is 378 g/mol. The van der Waals surface area contributed by atoms with Crippen LogP contribution < -0.4 is 0 Å². The second kappa shape index (κ2) is 7.37. The first-order valence-corrected chi connectivity index (χ1v) is 9.60. The largest absolute Gasteiger partial charge is 0.336 e. The van der Waals surface area contributed by atoms with Gasteiger partial charge in [0.15, 0.2) is 0 Å². The topological polar surface area (TPSA) is 25.2 Å². The minimum atomic E-state index is -0.273. The Morgan fingerprint density at radius 2 is 1.78 bits per heavy atom. The molecule has 0 fully saturated rings. The molecule has 4 rings (SSSR count). The van der Waals surface area contributed by atoms with Crippen LogP contribution in [0.3, 0.4) is 0 Å². The molecule has 2 aromatic carbocycles. The van der Waals surface area contributed by atoms with Crippen molar-refractivity contribution < 1.29 is 9.18 Å². The zero-order valence-electron chi connectivity index (χ0n) is 14.9. The molecule has 2 aromatic heterocycles. The molecule has 0 atom stereocenters. The quantitative estimate of drug-likeness (QED) is 0.471. The van der Waals surface area contributed by atoms with Gasteiger partial charge in [0.2, 0.25) is 0 Å². The maximum atomic E-state index is 13.1. The van der Waals surface area contributed by atoms with Crippen molar-refractivity contribution in [3.05, 3.63) is 94.7 Å². The molecule has 3 nitrogen and oxygen atoms in total. The van der Waals surface area contributed by atoms with Gasteiger partial charge in [0, 0.05) is 20.1 Å². The number of carbonyl (C=O) groups is 1. The summed E-state index contributed by atoms with van der Waals surface area (Å²) in [6.07, 6.45) is 0. The fourth-order valence-electron chi connectivity index (χ4n) is 3.22. The minimum Gasteiger partial charge on any atom is -0.336 e. The van der Waals surface area contributed by atoms with E-state index in [4.69, 9.17) is 0 Å². The molecule has 27 heavy (non-hydrogen) atoms. The van der Waals surface area contributed by atoms with Crippen LogP contribution in [0.4, 0.5) is 4.39 Å². The van der Waals surface area contributed by atoms with Crippen molar-refractivity contribution >= 4 is 27.5 Å². The molecule has 2 heterocycles. The molecule has 1 amide bonds. The molecule has 0 spiro atoms. The molecule has 0 bridgehead atoms. The first-order valence-electron chi connectivity index (χ1n) is 8.72. The number of amides is 1. The van der Waals surface area contributed by atoms with E-state index in [0.717, 1.165) is 21.3 Å². The minimum absolute atomic E-state index is 0.0429. The fraction of sp³-hybridized carbons (Fsp3) is 0.136. The van der Waals surface area contributed by atoms with Gasteiger partial charge in [-0.1, -0.05) is 42.5 Å². The van der Waals surface area contributed by atoms with E-state index in [1.807, 2.05) is 29.6 Å². The van der Waals surface area contributed by atoms with Crippen molar-refractivity contribution in [3.63, 3.8) is 0 Å². The van der Waals surface area contributed by atoms with Gasteiger partial charge in [-0.3, -0.25) is 4.79 Å². The molecule has 5 heteroatoms. The van der Waals surface area contributed by atoms with Gasteiger partial charge in [-0.05, 0) is 40.8 Å². The summed E-state index contributed by atoms with van der Waals surface area (Å²) >= 11 is 1.63. The highest BCUT2D eigenvalue weighted by Crippen LogP contribution is 2.27. The maximum absolute atomic E-state index is 13.1. The first kappa shape index (κ1) is 17.5. The van der Waals surface area contributed by atoms with E-state index in [0.29, 0.717) is 18.8 Å². The van der Waals surface area contributed by atoms with Gasteiger partial charge in [0.1, 0.15) is 11.5 Å². The number of nitrogens with zero attached hydrogens (tertiary/aromatic N) is 2. The number of hydrogen-bond acceptors (Lipinski definition) is 2. The Morgan fingerprint density at radius 3 is 2.52 bits per heavy atom. The lowest BCUT2D eigenvalue weighted by atomic mass is 10.2. The van der Waals surface area contributed by atoms with Gasteiger partial charge in [0.25, 0.3) is 5.91 Å². The Balaban J connectivity index is 1.63. The highest BCUT2D eigenvalue weighted by Gasteiger charge is 2.20. The molecule has 0 aliphatic carbocycles. The van der Waals surface area contributed by atoms with E-state index >= 15 is 0 Å². The van der Waals surface area contributed by atoms with Crippen LogP contribution in [-0.4, -0.2) is 22.4 Å². The second-order valence-corrected chi connectivity index (χ2v) is 7.51. The van der Waals surface area contributed by atoms with Crippen molar-refractivity contribution in [1.82, 2.24) is 9.47 Å². The van der Waals surface area contributed by atoms with Crippen molar-refractivity contribution in [1.29, 1.82) is 0 Å². The number of fused-ring (bicyclic) bond motifs is 1. The summed E-state index contributed by atoms with van der Waals surface area (Å²) in [6.45, 7) is 1.08. The van der Waals surface area contributed by atoms with Crippen LogP contribution in [-0.2, 0) is 13.1 Å². The molecule has 0 N–H and O–H groups in total. The van der Waals surface area contributed by atoms with E-state index in [1.165, 1.54) is 12.1 Å². The smallest absolute Gasteiger partial charge is 0.270 e. The summed E-state index contributed by atoms with van der Waals surface area (Å²) in [4.78, 5) is 14.8. The Morgan fingerprint density at radius 1 is 1.04 bits per heavy atom. The lowest BCUT2D eigenvalue weighted by Crippen LogP contribution is -2.28. The van der Waals surface area contributed by atoms with E-state index in [1.54, 1.807) is 35.4 Å². The van der Waals surface area contributed by atoms with Gasteiger partial charge in [0.05, 0.1) is 10.2 Å². The zero-order chi connectivity index (χ0) is 18.8. The molecular formula is C22H19FN2OS. The molecule has 0 unspecified atom stereocenters. The summed E-state index contributed by atoms with van der Waals surface area (Å²) in [6, 6.07) is 20.4. The average Bonchev–Trinajstić information content (AvgIpc) is 3.26. The van der Waals surface area contributed by atoms with Crippen LogP contribution in [0, 0.1) is 5.82 Å². The Bertz CT molecular complexity index is 1070. The van der Waals surface area contributed by atoms with Gasteiger partial charge in [-0.2, -0.15) is 0 Å². The van der Waals surface area contributed by atoms with Crippen LogP contribution in [0.5, 0.6) is 0 Å². The number of carbonyl (C=O) groups excluding carboxylic acids is 1. The highest BCUT2D eigenvalue weighted by atomic mass is 32.1. The normalized spacial score (nSPS) is 11.0. The zero-order valence-corrected chi connectivity index (χ0v) is 15.7. The van der Waals surface area contributed by atoms with E-state index in [2.05, 4.69) is 22.8 Å². The Kier molecular flexibility index (Phi) is 4.77. The lowest BCUT2D eigenvalue weighted by Gasteiger charge is -2.19. The van der Waals surface area contributed by atoms with Gasteiger partial charge in [-0.15, -0.1) is 11.3 Å². The van der Waals surface area contributed by atoms with Gasteiger partial charge >= 0.3 is 0 Å². The molecule has 0 radical (unpaired) electrons. The summed E-state index contributed by atoms with van der Waals surface area (Å²) in [5.74, 6) is -0.316. The summed E-state index contributed by atoms with van der Waals surface area (Å²) in [7, 11) is 1.78.